The molecule has 0 heterocycles. The van der Waals surface area contributed by atoms with Gasteiger partial charge in [-0.05, 0) is 19.2 Å². The van der Waals surface area contributed by atoms with Gasteiger partial charge in [0.25, 0.3) is 0 Å². The lowest BCUT2D eigenvalue weighted by Gasteiger charge is -2.51. The van der Waals surface area contributed by atoms with Crippen LogP contribution in [0.25, 0.3) is 0 Å². The highest BCUT2D eigenvalue weighted by molar-refractivity contribution is 5.51. The fourth-order valence-corrected chi connectivity index (χ4v) is 2.65. The van der Waals surface area contributed by atoms with E-state index in [-0.39, 0.29) is 11.5 Å². The zero-order chi connectivity index (χ0) is 14.0. The van der Waals surface area contributed by atoms with Gasteiger partial charge in [-0.25, -0.2) is 0 Å². The van der Waals surface area contributed by atoms with Gasteiger partial charge < -0.3 is 19.5 Å². The minimum absolute atomic E-state index is 0.0978. The van der Waals surface area contributed by atoms with Gasteiger partial charge in [-0.15, -0.1) is 0 Å². The lowest BCUT2D eigenvalue weighted by Crippen LogP contribution is -2.61. The van der Waals surface area contributed by atoms with Crippen molar-refractivity contribution in [1.29, 1.82) is 0 Å². The fourth-order valence-electron chi connectivity index (χ4n) is 2.65. The van der Waals surface area contributed by atoms with E-state index in [2.05, 4.69) is 19.2 Å². The molecule has 4 heteroatoms. The summed E-state index contributed by atoms with van der Waals surface area (Å²) in [6, 6.07) is 6.16. The second kappa shape index (κ2) is 5.29. The molecule has 0 saturated heterocycles. The number of methoxy groups -OCH3 is 2. The lowest BCUT2D eigenvalue weighted by molar-refractivity contribution is -0.0541. The molecule has 0 aliphatic heterocycles. The quantitative estimate of drug-likeness (QED) is 0.888. The van der Waals surface area contributed by atoms with Crippen LogP contribution in [0.1, 0.15) is 20.3 Å². The van der Waals surface area contributed by atoms with Crippen molar-refractivity contribution in [1.82, 2.24) is 5.32 Å². The molecule has 106 valence electrons. The van der Waals surface area contributed by atoms with E-state index < -0.39 is 0 Å². The molecule has 0 radical (unpaired) electrons. The second-order valence-corrected chi connectivity index (χ2v) is 5.50. The third kappa shape index (κ3) is 2.37. The summed E-state index contributed by atoms with van der Waals surface area (Å²) >= 11 is 0. The van der Waals surface area contributed by atoms with E-state index in [1.807, 2.05) is 25.2 Å². The molecule has 2 rings (SSSR count). The van der Waals surface area contributed by atoms with Gasteiger partial charge in [0.05, 0.1) is 14.2 Å². The molecule has 0 amide bonds. The maximum atomic E-state index is 6.15. The predicted molar refractivity (Wildman–Crippen MR) is 75.2 cm³/mol. The smallest absolute Gasteiger partial charge is 0.203 e. The highest BCUT2D eigenvalue weighted by atomic mass is 16.5. The Hall–Kier alpha value is -1.42. The van der Waals surface area contributed by atoms with E-state index in [9.17, 15) is 0 Å². The summed E-state index contributed by atoms with van der Waals surface area (Å²) in [5, 5.41) is 3.32. The summed E-state index contributed by atoms with van der Waals surface area (Å²) in [5.41, 5.74) is 0.0978. The monoisotopic (exact) mass is 265 g/mol. The third-order valence-electron chi connectivity index (χ3n) is 4.17. The predicted octanol–water partition coefficient (Wildman–Crippen LogP) is 2.47. The molecule has 1 saturated carbocycles. The topological polar surface area (TPSA) is 39.7 Å². The average Bonchev–Trinajstić information content (AvgIpc) is 2.42. The van der Waals surface area contributed by atoms with Gasteiger partial charge in [-0.2, -0.15) is 0 Å². The second-order valence-electron chi connectivity index (χ2n) is 5.50. The summed E-state index contributed by atoms with van der Waals surface area (Å²) in [5.74, 6) is 2.12. The van der Waals surface area contributed by atoms with E-state index in [0.717, 1.165) is 6.42 Å². The molecular formula is C15H23NO3. The number of benzene rings is 1. The van der Waals surface area contributed by atoms with Crippen LogP contribution in [-0.4, -0.2) is 33.4 Å². The van der Waals surface area contributed by atoms with Crippen molar-refractivity contribution in [2.45, 2.75) is 32.4 Å². The molecule has 1 aliphatic carbocycles. The number of hydrogen-bond acceptors (Lipinski definition) is 4. The first-order valence-corrected chi connectivity index (χ1v) is 6.59. The summed E-state index contributed by atoms with van der Waals surface area (Å²) in [6.07, 6.45) is 1.15. The molecule has 0 bridgehead atoms. The molecule has 1 aromatic carbocycles. The standard InChI is InChI=1S/C15H23NO3/c1-15(2)12(16-3)9-13(15)19-14-10(17-4)7-6-8-11(14)18-5/h6-8,12-13,16H,9H2,1-5H3. The van der Waals surface area contributed by atoms with Crippen molar-refractivity contribution in [3.8, 4) is 17.2 Å². The van der Waals surface area contributed by atoms with Gasteiger partial charge in [0.1, 0.15) is 6.10 Å². The van der Waals surface area contributed by atoms with E-state index in [0.29, 0.717) is 23.3 Å². The molecule has 0 aromatic heterocycles. The Balaban J connectivity index is 2.20. The average molecular weight is 265 g/mol. The van der Waals surface area contributed by atoms with Gasteiger partial charge in [0, 0.05) is 17.9 Å². The van der Waals surface area contributed by atoms with Crippen LogP contribution in [0.2, 0.25) is 0 Å². The van der Waals surface area contributed by atoms with Crippen molar-refractivity contribution in [3.05, 3.63) is 18.2 Å². The first-order chi connectivity index (χ1) is 9.04. The minimum atomic E-state index is 0.0978. The third-order valence-corrected chi connectivity index (χ3v) is 4.17. The van der Waals surface area contributed by atoms with E-state index >= 15 is 0 Å². The first-order valence-electron chi connectivity index (χ1n) is 6.59. The van der Waals surface area contributed by atoms with E-state index in [1.54, 1.807) is 14.2 Å². The van der Waals surface area contributed by atoms with Crippen LogP contribution in [0.3, 0.4) is 0 Å². The van der Waals surface area contributed by atoms with Gasteiger partial charge in [-0.3, -0.25) is 0 Å². The van der Waals surface area contributed by atoms with E-state index in [1.165, 1.54) is 0 Å². The van der Waals surface area contributed by atoms with Gasteiger partial charge in [-0.1, -0.05) is 19.9 Å². The van der Waals surface area contributed by atoms with Crippen LogP contribution in [0, 0.1) is 5.41 Å². The summed E-state index contributed by atoms with van der Waals surface area (Å²) in [4.78, 5) is 0. The normalized spacial score (nSPS) is 24.5. The summed E-state index contributed by atoms with van der Waals surface area (Å²) in [6.45, 7) is 4.43. The van der Waals surface area contributed by atoms with Crippen LogP contribution < -0.4 is 19.5 Å². The number of nitrogens with one attached hydrogen (secondary N) is 1. The van der Waals surface area contributed by atoms with Crippen molar-refractivity contribution >= 4 is 0 Å². The number of para-hydroxylation sites is 1. The molecule has 1 N–H and O–H groups in total. The van der Waals surface area contributed by atoms with E-state index in [4.69, 9.17) is 14.2 Å². The first kappa shape index (κ1) is 14.0. The van der Waals surface area contributed by atoms with Crippen LogP contribution in [0.5, 0.6) is 17.2 Å². The Morgan fingerprint density at radius 3 is 2.16 bits per heavy atom. The van der Waals surface area contributed by atoms with Crippen LogP contribution in [0.15, 0.2) is 18.2 Å². The number of ether oxygens (including phenoxy) is 3. The van der Waals surface area contributed by atoms with Crippen molar-refractivity contribution < 1.29 is 14.2 Å². The SMILES string of the molecule is CNC1CC(Oc2c(OC)cccc2OC)C1(C)C. The molecular weight excluding hydrogens is 242 g/mol. The van der Waals surface area contributed by atoms with Crippen molar-refractivity contribution in [2.24, 2.45) is 5.41 Å². The zero-order valence-electron chi connectivity index (χ0n) is 12.3. The van der Waals surface area contributed by atoms with Crippen LogP contribution >= 0.6 is 0 Å². The Labute approximate surface area is 115 Å². The molecule has 4 nitrogen and oxygen atoms in total. The Morgan fingerprint density at radius 2 is 1.74 bits per heavy atom. The highest BCUT2D eigenvalue weighted by Crippen LogP contribution is 2.46. The molecule has 2 atom stereocenters. The summed E-state index contributed by atoms with van der Waals surface area (Å²) < 4.78 is 16.9. The van der Waals surface area contributed by atoms with Crippen LogP contribution in [0.4, 0.5) is 0 Å². The number of hydrogen-bond donors (Lipinski definition) is 1. The van der Waals surface area contributed by atoms with Crippen LogP contribution in [-0.2, 0) is 0 Å². The molecule has 1 fully saturated rings. The Kier molecular flexibility index (Phi) is 3.90. The van der Waals surface area contributed by atoms with Gasteiger partial charge in [0.15, 0.2) is 11.5 Å². The van der Waals surface area contributed by atoms with Crippen molar-refractivity contribution in [2.75, 3.05) is 21.3 Å². The van der Waals surface area contributed by atoms with Crippen molar-refractivity contribution in [3.63, 3.8) is 0 Å². The lowest BCUT2D eigenvalue weighted by atomic mass is 9.64. The maximum Gasteiger partial charge on any atom is 0.203 e. The molecule has 2 unspecified atom stereocenters. The van der Waals surface area contributed by atoms with Gasteiger partial charge in [0.2, 0.25) is 5.75 Å². The van der Waals surface area contributed by atoms with Gasteiger partial charge >= 0.3 is 0 Å². The molecule has 19 heavy (non-hydrogen) atoms. The number of rotatable bonds is 5. The molecule has 1 aromatic rings. The fraction of sp³-hybridized carbons (Fsp3) is 0.600. The largest absolute Gasteiger partial charge is 0.493 e. The zero-order valence-corrected chi connectivity index (χ0v) is 12.3. The highest BCUT2D eigenvalue weighted by Gasteiger charge is 2.49. The Bertz CT molecular complexity index is 423. The molecule has 1 aliphatic rings. The molecule has 0 spiro atoms. The summed E-state index contributed by atoms with van der Waals surface area (Å²) in [7, 11) is 5.28. The Morgan fingerprint density at radius 1 is 1.16 bits per heavy atom. The maximum absolute atomic E-state index is 6.15. The minimum Gasteiger partial charge on any atom is -0.493 e.